The predicted octanol–water partition coefficient (Wildman–Crippen LogP) is 0.498. The third-order valence-corrected chi connectivity index (χ3v) is 5.98. The van der Waals surface area contributed by atoms with E-state index in [1.807, 2.05) is 14.0 Å². The average molecular weight is 289 g/mol. The Balaban J connectivity index is 2.17. The van der Waals surface area contributed by atoms with Gasteiger partial charge < -0.3 is 10.6 Å². The number of aryl methyl sites for hydroxylation is 1. The molecular formula is C11H19N3O2S2. The number of likely N-dealkylation sites (N-methyl/N-ethyl adjacent to an activating group) is 1. The summed E-state index contributed by atoms with van der Waals surface area (Å²) in [6.45, 7) is 3.91. The van der Waals surface area contributed by atoms with Crippen molar-refractivity contribution in [3.8, 4) is 0 Å². The summed E-state index contributed by atoms with van der Waals surface area (Å²) in [6.07, 6.45) is 0.864. The van der Waals surface area contributed by atoms with Crippen molar-refractivity contribution < 1.29 is 8.42 Å². The van der Waals surface area contributed by atoms with E-state index in [0.717, 1.165) is 29.3 Å². The van der Waals surface area contributed by atoms with Crippen LogP contribution in [0.2, 0.25) is 0 Å². The Bertz CT molecular complexity index is 524. The molecule has 0 saturated carbocycles. The SMILES string of the molecule is Cc1sc(CN)cc1S(=O)(=O)NC1CCN(C)C1. The fourth-order valence-electron chi connectivity index (χ4n) is 2.21. The molecule has 2 heterocycles. The van der Waals surface area contributed by atoms with Crippen LogP contribution in [0.25, 0.3) is 0 Å². The first kappa shape index (κ1) is 14.0. The van der Waals surface area contributed by atoms with Gasteiger partial charge >= 0.3 is 0 Å². The van der Waals surface area contributed by atoms with Crippen LogP contribution in [0, 0.1) is 6.92 Å². The minimum absolute atomic E-state index is 0.0145. The minimum Gasteiger partial charge on any atom is -0.326 e. The fourth-order valence-corrected chi connectivity index (χ4v) is 4.98. The lowest BCUT2D eigenvalue weighted by Crippen LogP contribution is -2.36. The lowest BCUT2D eigenvalue weighted by atomic mass is 10.3. The number of hydrogen-bond acceptors (Lipinski definition) is 5. The van der Waals surface area contributed by atoms with Crippen LogP contribution in [0.4, 0.5) is 0 Å². The molecule has 0 bridgehead atoms. The standard InChI is InChI=1S/C11H19N3O2S2/c1-8-11(5-10(6-12)17-8)18(15,16)13-9-3-4-14(2)7-9/h5,9,13H,3-4,6-7,12H2,1-2H3. The lowest BCUT2D eigenvalue weighted by Gasteiger charge is -2.13. The van der Waals surface area contributed by atoms with Crippen molar-refractivity contribution in [3.05, 3.63) is 15.8 Å². The summed E-state index contributed by atoms with van der Waals surface area (Å²) in [6, 6.07) is 1.70. The molecule has 1 aromatic heterocycles. The molecule has 0 radical (unpaired) electrons. The summed E-state index contributed by atoms with van der Waals surface area (Å²) in [4.78, 5) is 4.20. The molecule has 1 aliphatic heterocycles. The predicted molar refractivity (Wildman–Crippen MR) is 73.2 cm³/mol. The summed E-state index contributed by atoms with van der Waals surface area (Å²) >= 11 is 1.45. The van der Waals surface area contributed by atoms with Crippen LogP contribution in [-0.4, -0.2) is 39.5 Å². The van der Waals surface area contributed by atoms with Crippen molar-refractivity contribution in [2.24, 2.45) is 5.73 Å². The third-order valence-electron chi connectivity index (χ3n) is 3.13. The molecule has 5 nitrogen and oxygen atoms in total. The zero-order valence-electron chi connectivity index (χ0n) is 10.6. The van der Waals surface area contributed by atoms with Crippen LogP contribution in [0.15, 0.2) is 11.0 Å². The summed E-state index contributed by atoms with van der Waals surface area (Å²) in [5.41, 5.74) is 5.55. The molecule has 0 aromatic carbocycles. The molecule has 0 aliphatic carbocycles. The summed E-state index contributed by atoms with van der Waals surface area (Å²) < 4.78 is 27.3. The molecule has 1 fully saturated rings. The highest BCUT2D eigenvalue weighted by atomic mass is 32.2. The van der Waals surface area contributed by atoms with Gasteiger partial charge in [-0.3, -0.25) is 0 Å². The summed E-state index contributed by atoms with van der Waals surface area (Å²) in [5.74, 6) is 0. The van der Waals surface area contributed by atoms with Gasteiger partial charge in [0.1, 0.15) is 0 Å². The Kier molecular flexibility index (Phi) is 4.08. The Hall–Kier alpha value is -0.470. The number of nitrogens with one attached hydrogen (secondary N) is 1. The van der Waals surface area contributed by atoms with Gasteiger partial charge in [-0.05, 0) is 33.0 Å². The van der Waals surface area contributed by atoms with Crippen LogP contribution >= 0.6 is 11.3 Å². The molecule has 1 unspecified atom stereocenters. The molecule has 2 rings (SSSR count). The number of hydrogen-bond donors (Lipinski definition) is 2. The number of likely N-dealkylation sites (tertiary alicyclic amines) is 1. The lowest BCUT2D eigenvalue weighted by molar-refractivity contribution is 0.407. The van der Waals surface area contributed by atoms with Crippen molar-refractivity contribution in [2.45, 2.75) is 30.8 Å². The Morgan fingerprint density at radius 2 is 2.33 bits per heavy atom. The monoisotopic (exact) mass is 289 g/mol. The van der Waals surface area contributed by atoms with Gasteiger partial charge in [-0.2, -0.15) is 0 Å². The van der Waals surface area contributed by atoms with Crippen molar-refractivity contribution in [1.29, 1.82) is 0 Å². The summed E-state index contributed by atoms with van der Waals surface area (Å²) in [5, 5.41) is 0. The van der Waals surface area contributed by atoms with E-state index in [-0.39, 0.29) is 6.04 Å². The Morgan fingerprint density at radius 3 is 2.83 bits per heavy atom. The van der Waals surface area contributed by atoms with E-state index in [9.17, 15) is 8.42 Å². The van der Waals surface area contributed by atoms with E-state index in [1.165, 1.54) is 11.3 Å². The zero-order valence-corrected chi connectivity index (χ0v) is 12.3. The first-order valence-electron chi connectivity index (χ1n) is 5.92. The normalized spacial score (nSPS) is 21.6. The van der Waals surface area contributed by atoms with Gasteiger partial charge in [-0.25, -0.2) is 13.1 Å². The van der Waals surface area contributed by atoms with E-state index in [2.05, 4.69) is 9.62 Å². The highest BCUT2D eigenvalue weighted by Crippen LogP contribution is 2.25. The maximum atomic E-state index is 12.3. The molecular weight excluding hydrogens is 270 g/mol. The summed E-state index contributed by atoms with van der Waals surface area (Å²) in [7, 11) is -1.41. The molecule has 1 saturated heterocycles. The molecule has 3 N–H and O–H groups in total. The molecule has 18 heavy (non-hydrogen) atoms. The van der Waals surface area contributed by atoms with Crippen LogP contribution in [0.5, 0.6) is 0 Å². The van der Waals surface area contributed by atoms with Crippen molar-refractivity contribution in [2.75, 3.05) is 20.1 Å². The van der Waals surface area contributed by atoms with E-state index < -0.39 is 10.0 Å². The van der Waals surface area contributed by atoms with E-state index in [1.54, 1.807) is 6.07 Å². The topological polar surface area (TPSA) is 75.4 Å². The molecule has 1 aliphatic rings. The molecule has 1 aromatic rings. The van der Waals surface area contributed by atoms with Gasteiger partial charge in [0.15, 0.2) is 0 Å². The highest BCUT2D eigenvalue weighted by Gasteiger charge is 2.27. The highest BCUT2D eigenvalue weighted by molar-refractivity contribution is 7.89. The van der Waals surface area contributed by atoms with E-state index >= 15 is 0 Å². The van der Waals surface area contributed by atoms with Crippen molar-refractivity contribution >= 4 is 21.4 Å². The van der Waals surface area contributed by atoms with Gasteiger partial charge in [-0.1, -0.05) is 0 Å². The Labute approximate surface area is 112 Å². The third kappa shape index (κ3) is 2.92. The van der Waals surface area contributed by atoms with Crippen LogP contribution in [-0.2, 0) is 16.6 Å². The number of thiophene rings is 1. The molecule has 0 amide bonds. The van der Waals surface area contributed by atoms with Crippen molar-refractivity contribution in [1.82, 2.24) is 9.62 Å². The molecule has 0 spiro atoms. The van der Waals surface area contributed by atoms with E-state index in [4.69, 9.17) is 5.73 Å². The first-order chi connectivity index (χ1) is 8.42. The van der Waals surface area contributed by atoms with Gasteiger partial charge in [0.2, 0.25) is 10.0 Å². The first-order valence-corrected chi connectivity index (χ1v) is 8.22. The van der Waals surface area contributed by atoms with Gasteiger partial charge in [0.25, 0.3) is 0 Å². The molecule has 7 heteroatoms. The Morgan fingerprint density at radius 1 is 1.61 bits per heavy atom. The van der Waals surface area contributed by atoms with Gasteiger partial charge in [0.05, 0.1) is 4.90 Å². The smallest absolute Gasteiger partial charge is 0.241 e. The van der Waals surface area contributed by atoms with Crippen LogP contribution in [0.3, 0.4) is 0 Å². The second-order valence-corrected chi connectivity index (χ2v) is 7.73. The van der Waals surface area contributed by atoms with Gasteiger partial charge in [0, 0.05) is 28.9 Å². The van der Waals surface area contributed by atoms with Crippen LogP contribution in [0.1, 0.15) is 16.2 Å². The second kappa shape index (κ2) is 5.26. The number of rotatable bonds is 4. The molecule has 1 atom stereocenters. The fraction of sp³-hybridized carbons (Fsp3) is 0.636. The van der Waals surface area contributed by atoms with Crippen molar-refractivity contribution in [3.63, 3.8) is 0 Å². The largest absolute Gasteiger partial charge is 0.326 e. The van der Waals surface area contributed by atoms with E-state index in [0.29, 0.717) is 11.4 Å². The average Bonchev–Trinajstić information content (AvgIpc) is 2.84. The quantitative estimate of drug-likeness (QED) is 0.846. The van der Waals surface area contributed by atoms with Crippen LogP contribution < -0.4 is 10.5 Å². The number of sulfonamides is 1. The molecule has 102 valence electrons. The number of nitrogens with zero attached hydrogens (tertiary/aromatic N) is 1. The number of nitrogens with two attached hydrogens (primary N) is 1. The minimum atomic E-state index is -3.41. The maximum Gasteiger partial charge on any atom is 0.241 e. The second-order valence-electron chi connectivity index (χ2n) is 4.71. The van der Waals surface area contributed by atoms with Gasteiger partial charge in [-0.15, -0.1) is 11.3 Å². The zero-order chi connectivity index (χ0) is 13.3. The maximum absolute atomic E-state index is 12.3.